The number of carbonyl (C=O) groups excluding carboxylic acids is 1. The number of esters is 1. The Kier molecular flexibility index (Phi) is 5.75. The molecular formula is C19H17BrN2O5. The molecule has 3 aromatic rings. The predicted molar refractivity (Wildman–Crippen MR) is 102 cm³/mol. The third-order valence-electron chi connectivity index (χ3n) is 3.73. The summed E-state index contributed by atoms with van der Waals surface area (Å²) in [5.41, 5.74) is 0.903. The number of nitrogens with zero attached hydrogens (tertiary/aromatic N) is 2. The average Bonchev–Trinajstić information content (AvgIpc) is 2.67. The SMILES string of the molecule is CCOc1ccc(C(=O)OCc2cc(=O)n3cc(Br)ccc3n2)cc1OC. The molecule has 0 amide bonds. The highest BCUT2D eigenvalue weighted by molar-refractivity contribution is 9.10. The first-order chi connectivity index (χ1) is 13.0. The molecule has 0 fully saturated rings. The highest BCUT2D eigenvalue weighted by Crippen LogP contribution is 2.28. The van der Waals surface area contributed by atoms with E-state index in [4.69, 9.17) is 14.2 Å². The highest BCUT2D eigenvalue weighted by atomic mass is 79.9. The minimum Gasteiger partial charge on any atom is -0.493 e. The fourth-order valence-electron chi connectivity index (χ4n) is 2.49. The summed E-state index contributed by atoms with van der Waals surface area (Å²) in [5.74, 6) is 0.444. The minimum absolute atomic E-state index is 0.115. The minimum atomic E-state index is -0.547. The van der Waals surface area contributed by atoms with Crippen molar-refractivity contribution in [3.05, 3.63) is 68.7 Å². The molecular weight excluding hydrogens is 416 g/mol. The molecule has 0 N–H and O–H groups in total. The van der Waals surface area contributed by atoms with Gasteiger partial charge >= 0.3 is 5.97 Å². The number of benzene rings is 1. The van der Waals surface area contributed by atoms with Gasteiger partial charge in [-0.15, -0.1) is 0 Å². The van der Waals surface area contributed by atoms with Gasteiger partial charge in [0.2, 0.25) is 0 Å². The molecule has 0 spiro atoms. The van der Waals surface area contributed by atoms with Crippen LogP contribution in [0.15, 0.2) is 51.9 Å². The Labute approximate surface area is 163 Å². The van der Waals surface area contributed by atoms with E-state index in [1.165, 1.54) is 17.6 Å². The van der Waals surface area contributed by atoms with Crippen molar-refractivity contribution >= 4 is 27.5 Å². The molecule has 3 rings (SSSR count). The van der Waals surface area contributed by atoms with Crippen molar-refractivity contribution < 1.29 is 19.0 Å². The van der Waals surface area contributed by atoms with Gasteiger partial charge in [-0.25, -0.2) is 9.78 Å². The monoisotopic (exact) mass is 432 g/mol. The Morgan fingerprint density at radius 3 is 2.74 bits per heavy atom. The maximum absolute atomic E-state index is 12.3. The van der Waals surface area contributed by atoms with Gasteiger partial charge in [0.1, 0.15) is 12.3 Å². The van der Waals surface area contributed by atoms with Gasteiger partial charge in [0, 0.05) is 16.7 Å². The third kappa shape index (κ3) is 4.28. The van der Waals surface area contributed by atoms with Gasteiger partial charge < -0.3 is 14.2 Å². The summed E-state index contributed by atoms with van der Waals surface area (Å²) in [6, 6.07) is 9.62. The molecule has 0 aliphatic rings. The van der Waals surface area contributed by atoms with Crippen molar-refractivity contribution in [2.45, 2.75) is 13.5 Å². The Morgan fingerprint density at radius 1 is 1.19 bits per heavy atom. The summed E-state index contributed by atoms with van der Waals surface area (Å²) in [7, 11) is 1.50. The van der Waals surface area contributed by atoms with Crippen LogP contribution in [0.4, 0.5) is 0 Å². The van der Waals surface area contributed by atoms with E-state index in [2.05, 4.69) is 20.9 Å². The van der Waals surface area contributed by atoms with E-state index in [0.29, 0.717) is 35.0 Å². The second-order valence-corrected chi connectivity index (χ2v) is 6.45. The molecule has 0 radical (unpaired) electrons. The van der Waals surface area contributed by atoms with E-state index < -0.39 is 5.97 Å². The summed E-state index contributed by atoms with van der Waals surface area (Å²) in [6.45, 7) is 2.23. The Bertz CT molecular complexity index is 1050. The highest BCUT2D eigenvalue weighted by Gasteiger charge is 2.13. The lowest BCUT2D eigenvalue weighted by molar-refractivity contribution is 0.0467. The number of carbonyl (C=O) groups is 1. The molecule has 8 heteroatoms. The lowest BCUT2D eigenvalue weighted by Gasteiger charge is -2.11. The number of ether oxygens (including phenoxy) is 3. The zero-order chi connectivity index (χ0) is 19.4. The smallest absolute Gasteiger partial charge is 0.338 e. The van der Waals surface area contributed by atoms with Gasteiger partial charge in [-0.3, -0.25) is 9.20 Å². The lowest BCUT2D eigenvalue weighted by Crippen LogP contribution is -2.16. The number of aromatic nitrogens is 2. The van der Waals surface area contributed by atoms with Crippen LogP contribution in [0, 0.1) is 0 Å². The Hall–Kier alpha value is -2.87. The molecule has 2 heterocycles. The van der Waals surface area contributed by atoms with Gasteiger partial charge in [0.15, 0.2) is 11.5 Å². The Balaban J connectivity index is 1.77. The van der Waals surface area contributed by atoms with Crippen LogP contribution in [-0.4, -0.2) is 29.1 Å². The van der Waals surface area contributed by atoms with Crippen molar-refractivity contribution in [2.24, 2.45) is 0 Å². The van der Waals surface area contributed by atoms with Crippen molar-refractivity contribution in [3.8, 4) is 11.5 Å². The molecule has 1 aromatic carbocycles. The molecule has 0 saturated heterocycles. The predicted octanol–water partition coefficient (Wildman–Crippen LogP) is 3.22. The number of rotatable bonds is 6. The van der Waals surface area contributed by atoms with Crippen LogP contribution in [0.25, 0.3) is 5.65 Å². The molecule has 2 aromatic heterocycles. The molecule has 7 nitrogen and oxygen atoms in total. The van der Waals surface area contributed by atoms with Gasteiger partial charge in [-0.2, -0.15) is 0 Å². The fraction of sp³-hybridized carbons (Fsp3) is 0.211. The van der Waals surface area contributed by atoms with Crippen LogP contribution in [0.5, 0.6) is 11.5 Å². The van der Waals surface area contributed by atoms with Crippen LogP contribution in [-0.2, 0) is 11.3 Å². The van der Waals surface area contributed by atoms with E-state index in [1.807, 2.05) is 6.92 Å². The summed E-state index contributed by atoms with van der Waals surface area (Å²) in [6.07, 6.45) is 1.63. The van der Waals surface area contributed by atoms with Crippen molar-refractivity contribution in [1.29, 1.82) is 0 Å². The zero-order valence-corrected chi connectivity index (χ0v) is 16.4. The third-order valence-corrected chi connectivity index (χ3v) is 4.20. The second-order valence-electron chi connectivity index (χ2n) is 5.54. The largest absolute Gasteiger partial charge is 0.493 e. The molecule has 0 saturated carbocycles. The van der Waals surface area contributed by atoms with Crippen molar-refractivity contribution in [3.63, 3.8) is 0 Å². The Morgan fingerprint density at radius 2 is 2.00 bits per heavy atom. The topological polar surface area (TPSA) is 79.1 Å². The molecule has 0 bridgehead atoms. The standard InChI is InChI=1S/C19H17BrN2O5/c1-3-26-15-6-4-12(8-16(15)25-2)19(24)27-11-14-9-18(23)22-10-13(20)5-7-17(22)21-14/h4-10H,3,11H2,1-2H3. The van der Waals surface area contributed by atoms with E-state index in [0.717, 1.165) is 4.47 Å². The summed E-state index contributed by atoms with van der Waals surface area (Å²) < 4.78 is 18.1. The van der Waals surface area contributed by atoms with Crippen LogP contribution in [0.1, 0.15) is 23.0 Å². The first kappa shape index (κ1) is 18.9. The average molecular weight is 433 g/mol. The quantitative estimate of drug-likeness (QED) is 0.556. The lowest BCUT2D eigenvalue weighted by atomic mass is 10.2. The van der Waals surface area contributed by atoms with E-state index >= 15 is 0 Å². The van der Waals surface area contributed by atoms with Crippen LogP contribution in [0.2, 0.25) is 0 Å². The van der Waals surface area contributed by atoms with Gasteiger partial charge in [-0.1, -0.05) is 0 Å². The number of hydrogen-bond donors (Lipinski definition) is 0. The first-order valence-electron chi connectivity index (χ1n) is 8.17. The van der Waals surface area contributed by atoms with E-state index in [9.17, 15) is 9.59 Å². The van der Waals surface area contributed by atoms with Crippen molar-refractivity contribution in [1.82, 2.24) is 9.38 Å². The normalized spacial score (nSPS) is 10.6. The maximum Gasteiger partial charge on any atom is 0.338 e. The number of methoxy groups -OCH3 is 1. The molecule has 0 aliphatic carbocycles. The number of fused-ring (bicyclic) bond motifs is 1. The van der Waals surface area contributed by atoms with Gasteiger partial charge in [0.05, 0.1) is 25.0 Å². The number of hydrogen-bond acceptors (Lipinski definition) is 6. The van der Waals surface area contributed by atoms with Gasteiger partial charge in [-0.05, 0) is 53.2 Å². The fourth-order valence-corrected chi connectivity index (χ4v) is 2.83. The van der Waals surface area contributed by atoms with Crippen LogP contribution < -0.4 is 15.0 Å². The summed E-state index contributed by atoms with van der Waals surface area (Å²) in [5, 5.41) is 0. The first-order valence-corrected chi connectivity index (χ1v) is 8.97. The van der Waals surface area contributed by atoms with Gasteiger partial charge in [0.25, 0.3) is 5.56 Å². The molecule has 0 aliphatic heterocycles. The van der Waals surface area contributed by atoms with E-state index in [-0.39, 0.29) is 12.2 Å². The summed E-state index contributed by atoms with van der Waals surface area (Å²) in [4.78, 5) is 28.8. The molecule has 140 valence electrons. The number of pyridine rings is 1. The maximum atomic E-state index is 12.3. The van der Waals surface area contributed by atoms with E-state index in [1.54, 1.807) is 36.5 Å². The molecule has 0 atom stereocenters. The second kappa shape index (κ2) is 8.22. The number of halogens is 1. The van der Waals surface area contributed by atoms with Crippen LogP contribution in [0.3, 0.4) is 0 Å². The van der Waals surface area contributed by atoms with Crippen molar-refractivity contribution in [2.75, 3.05) is 13.7 Å². The zero-order valence-electron chi connectivity index (χ0n) is 14.8. The molecule has 27 heavy (non-hydrogen) atoms. The summed E-state index contributed by atoms with van der Waals surface area (Å²) >= 11 is 3.31. The molecule has 0 unspecified atom stereocenters. The van der Waals surface area contributed by atoms with Crippen LogP contribution >= 0.6 is 15.9 Å².